The molecule has 3 atom stereocenters. The molecule has 3 N–H and O–H groups in total. The topological polar surface area (TPSA) is 139 Å². The molecule has 192 valence electrons. The molecule has 0 saturated heterocycles. The van der Waals surface area contributed by atoms with Gasteiger partial charge in [0.15, 0.2) is 0 Å². The molecule has 14 heteroatoms. The van der Waals surface area contributed by atoms with E-state index in [1.807, 2.05) is 0 Å². The zero-order chi connectivity index (χ0) is 26.5. The van der Waals surface area contributed by atoms with Crippen LogP contribution in [0.4, 0.5) is 13.2 Å². The van der Waals surface area contributed by atoms with Crippen LogP contribution in [0.25, 0.3) is 10.6 Å². The molecular formula is C22H20F3N3O6S2. The predicted molar refractivity (Wildman–Crippen MR) is 122 cm³/mol. The fourth-order valence-electron chi connectivity index (χ4n) is 4.16. The lowest BCUT2D eigenvalue weighted by molar-refractivity contribution is -0.155. The van der Waals surface area contributed by atoms with Crippen LogP contribution >= 0.6 is 11.3 Å². The number of halogens is 3. The molecule has 1 aliphatic rings. The zero-order valence-corrected chi connectivity index (χ0v) is 20.4. The Hall–Kier alpha value is -3.23. The van der Waals surface area contributed by atoms with Crippen LogP contribution in [0.15, 0.2) is 51.2 Å². The molecule has 2 aromatic heterocycles. The lowest BCUT2D eigenvalue weighted by Crippen LogP contribution is -2.45. The summed E-state index contributed by atoms with van der Waals surface area (Å²) < 4.78 is 70.8. The van der Waals surface area contributed by atoms with Crippen LogP contribution in [0.1, 0.15) is 29.7 Å². The number of nitrogens with one attached hydrogen (secondary N) is 2. The summed E-state index contributed by atoms with van der Waals surface area (Å²) in [5.41, 5.74) is -0.720. The minimum atomic E-state index is -4.75. The summed E-state index contributed by atoms with van der Waals surface area (Å²) in [5.74, 6) is -4.15. The first-order valence-electron chi connectivity index (χ1n) is 10.5. The van der Waals surface area contributed by atoms with Crippen LogP contribution in [0.2, 0.25) is 0 Å². The molecule has 0 aliphatic heterocycles. The second-order valence-electron chi connectivity index (χ2n) is 8.33. The SMILES string of the molecule is CNC(=O)Cc1ccc([C@@H]2[C@@H](C)[C@]2(NS(=O)(=O)c2ccc(-c3cc(C(F)(F)F)on3)s2)C(=O)O)cc1. The zero-order valence-electron chi connectivity index (χ0n) is 18.8. The molecular weight excluding hydrogens is 523 g/mol. The highest BCUT2D eigenvalue weighted by atomic mass is 32.2. The maximum Gasteiger partial charge on any atom is 0.452 e. The lowest BCUT2D eigenvalue weighted by Gasteiger charge is -2.15. The quantitative estimate of drug-likeness (QED) is 0.396. The molecule has 4 rings (SSSR count). The van der Waals surface area contributed by atoms with Crippen LogP contribution in [-0.4, -0.2) is 43.1 Å². The van der Waals surface area contributed by atoms with E-state index in [0.29, 0.717) is 28.5 Å². The predicted octanol–water partition coefficient (Wildman–Crippen LogP) is 3.25. The van der Waals surface area contributed by atoms with Gasteiger partial charge in [0.05, 0.1) is 11.3 Å². The van der Waals surface area contributed by atoms with Gasteiger partial charge in [-0.05, 0) is 29.2 Å². The van der Waals surface area contributed by atoms with Gasteiger partial charge in [-0.3, -0.25) is 9.59 Å². The Balaban J connectivity index is 1.57. The van der Waals surface area contributed by atoms with Crippen molar-refractivity contribution >= 4 is 33.2 Å². The van der Waals surface area contributed by atoms with Crippen molar-refractivity contribution in [2.75, 3.05) is 7.05 Å². The highest BCUT2D eigenvalue weighted by Crippen LogP contribution is 2.58. The minimum absolute atomic E-state index is 0.103. The average molecular weight is 544 g/mol. The molecule has 0 bridgehead atoms. The normalized spacial score (nSPS) is 21.8. The molecule has 0 radical (unpaired) electrons. The van der Waals surface area contributed by atoms with Crippen molar-refractivity contribution in [3.8, 4) is 10.6 Å². The molecule has 0 spiro atoms. The number of hydrogen-bond acceptors (Lipinski definition) is 7. The number of aromatic nitrogens is 1. The Labute approximate surface area is 207 Å². The van der Waals surface area contributed by atoms with E-state index < -0.39 is 45.3 Å². The van der Waals surface area contributed by atoms with Gasteiger partial charge in [-0.1, -0.05) is 36.3 Å². The van der Waals surface area contributed by atoms with Crippen molar-refractivity contribution in [1.82, 2.24) is 15.2 Å². The molecule has 2 heterocycles. The number of nitrogens with zero attached hydrogens (tertiary/aromatic N) is 1. The van der Waals surface area contributed by atoms with E-state index >= 15 is 0 Å². The number of carbonyl (C=O) groups excluding carboxylic acids is 1. The Morgan fingerprint density at radius 3 is 2.42 bits per heavy atom. The number of sulfonamides is 1. The highest BCUT2D eigenvalue weighted by molar-refractivity contribution is 7.91. The Kier molecular flexibility index (Phi) is 6.47. The van der Waals surface area contributed by atoms with Crippen molar-refractivity contribution in [3.05, 3.63) is 59.4 Å². The van der Waals surface area contributed by atoms with Gasteiger partial charge in [0.1, 0.15) is 15.4 Å². The van der Waals surface area contributed by atoms with Gasteiger partial charge in [-0.2, -0.15) is 17.9 Å². The Bertz CT molecular complexity index is 1420. The molecule has 0 unspecified atom stereocenters. The lowest BCUT2D eigenvalue weighted by atomic mass is 10.0. The van der Waals surface area contributed by atoms with E-state index in [1.165, 1.54) is 13.1 Å². The fraction of sp³-hybridized carbons (Fsp3) is 0.318. The highest BCUT2D eigenvalue weighted by Gasteiger charge is 2.70. The van der Waals surface area contributed by atoms with E-state index in [2.05, 4.69) is 19.7 Å². The van der Waals surface area contributed by atoms with Crippen LogP contribution in [0.5, 0.6) is 0 Å². The molecule has 1 aromatic carbocycles. The summed E-state index contributed by atoms with van der Waals surface area (Å²) in [6.07, 6.45) is -4.60. The van der Waals surface area contributed by atoms with Gasteiger partial charge >= 0.3 is 12.1 Å². The maximum atomic E-state index is 13.1. The molecule has 1 amide bonds. The average Bonchev–Trinajstić information content (AvgIpc) is 3.24. The Morgan fingerprint density at radius 2 is 1.86 bits per heavy atom. The largest absolute Gasteiger partial charge is 0.480 e. The fourth-order valence-corrected chi connectivity index (χ4v) is 6.87. The second kappa shape index (κ2) is 9.01. The number of alkyl halides is 3. The van der Waals surface area contributed by atoms with Crippen LogP contribution in [0.3, 0.4) is 0 Å². The third-order valence-corrected chi connectivity index (χ3v) is 9.21. The van der Waals surface area contributed by atoms with Gasteiger partial charge < -0.3 is 14.9 Å². The molecule has 36 heavy (non-hydrogen) atoms. The maximum absolute atomic E-state index is 13.1. The van der Waals surface area contributed by atoms with E-state index in [-0.39, 0.29) is 27.1 Å². The van der Waals surface area contributed by atoms with Gasteiger partial charge in [0.2, 0.25) is 11.7 Å². The van der Waals surface area contributed by atoms with E-state index in [1.54, 1.807) is 31.2 Å². The van der Waals surface area contributed by atoms with Gasteiger partial charge in [0, 0.05) is 19.0 Å². The summed E-state index contributed by atoms with van der Waals surface area (Å²) in [7, 11) is -2.84. The number of aliphatic carboxylic acids is 1. The second-order valence-corrected chi connectivity index (χ2v) is 11.3. The number of likely N-dealkylation sites (N-methyl/N-ethyl adjacent to an activating group) is 1. The molecule has 3 aromatic rings. The molecule has 1 aliphatic carbocycles. The monoisotopic (exact) mass is 543 g/mol. The number of rotatable bonds is 8. The number of carbonyl (C=O) groups is 2. The van der Waals surface area contributed by atoms with Crippen molar-refractivity contribution in [1.29, 1.82) is 0 Å². The van der Waals surface area contributed by atoms with Crippen molar-refractivity contribution in [2.24, 2.45) is 5.92 Å². The van der Waals surface area contributed by atoms with Gasteiger partial charge in [-0.15, -0.1) is 11.3 Å². The number of hydrogen-bond donors (Lipinski definition) is 3. The first-order valence-corrected chi connectivity index (χ1v) is 12.8. The summed E-state index contributed by atoms with van der Waals surface area (Å²) in [6.45, 7) is 1.60. The van der Waals surface area contributed by atoms with E-state index in [4.69, 9.17) is 0 Å². The number of carboxylic acid groups (broad SMARTS) is 1. The van der Waals surface area contributed by atoms with Gasteiger partial charge in [-0.25, -0.2) is 8.42 Å². The number of thiophene rings is 1. The summed E-state index contributed by atoms with van der Waals surface area (Å²) in [4.78, 5) is 23.9. The first-order chi connectivity index (χ1) is 16.8. The first kappa shape index (κ1) is 25.9. The van der Waals surface area contributed by atoms with E-state index in [0.717, 1.165) is 6.07 Å². The number of amides is 1. The molecule has 9 nitrogen and oxygen atoms in total. The summed E-state index contributed by atoms with van der Waals surface area (Å²) >= 11 is 0.634. The summed E-state index contributed by atoms with van der Waals surface area (Å²) in [5, 5.41) is 15.8. The Morgan fingerprint density at radius 1 is 1.19 bits per heavy atom. The van der Waals surface area contributed by atoms with Crippen LogP contribution in [-0.2, 0) is 32.2 Å². The molecule has 1 saturated carbocycles. The minimum Gasteiger partial charge on any atom is -0.480 e. The van der Waals surface area contributed by atoms with Crippen LogP contribution < -0.4 is 10.0 Å². The van der Waals surface area contributed by atoms with Crippen LogP contribution in [0, 0.1) is 5.92 Å². The van der Waals surface area contributed by atoms with Crippen molar-refractivity contribution < 1.29 is 40.8 Å². The van der Waals surface area contributed by atoms with E-state index in [9.17, 15) is 36.3 Å². The third-order valence-electron chi connectivity index (χ3n) is 6.13. The van der Waals surface area contributed by atoms with Crippen molar-refractivity contribution in [3.63, 3.8) is 0 Å². The standard InChI is InChI=1S/C22H20F3N3O6S2/c1-11-19(13-5-3-12(4-6-13)9-17(29)26-2)21(11,20(30)31)28-36(32,33)18-8-7-15(35-18)14-10-16(34-27-14)22(23,24)25/h3-8,10-11,19,28H,9H2,1-2H3,(H,26,29)(H,30,31)/t11-,19+,21-/m1/s1. The summed E-state index contributed by atoms with van der Waals surface area (Å²) in [6, 6.07) is 9.75. The van der Waals surface area contributed by atoms with Gasteiger partial charge in [0.25, 0.3) is 10.0 Å². The smallest absolute Gasteiger partial charge is 0.452 e. The molecule has 1 fully saturated rings. The number of carboxylic acids is 1. The number of benzene rings is 1. The third kappa shape index (κ3) is 4.63. The van der Waals surface area contributed by atoms with Crippen molar-refractivity contribution in [2.45, 2.75) is 35.2 Å².